The van der Waals surface area contributed by atoms with Crippen LogP contribution < -0.4 is 5.32 Å². The standard InChI is InChI=1S/C14H19BrClN/c1-14(2)8-4-3-5-13(14)17-10-6-7-12(16)11(15)9-10/h6-7,9,13,17H,3-5,8H2,1-2H3. The number of anilines is 1. The molecular formula is C14H19BrClN. The van der Waals surface area contributed by atoms with E-state index in [1.165, 1.54) is 25.7 Å². The molecule has 0 bridgehead atoms. The van der Waals surface area contributed by atoms with Gasteiger partial charge in [-0.1, -0.05) is 38.3 Å². The Kier molecular flexibility index (Phi) is 4.04. The zero-order valence-electron chi connectivity index (χ0n) is 10.4. The van der Waals surface area contributed by atoms with Crippen LogP contribution in [-0.2, 0) is 0 Å². The van der Waals surface area contributed by atoms with Gasteiger partial charge in [-0.05, 0) is 52.4 Å². The average Bonchev–Trinajstić information content (AvgIpc) is 2.26. The zero-order chi connectivity index (χ0) is 12.5. The second-order valence-corrected chi connectivity index (χ2v) is 6.82. The van der Waals surface area contributed by atoms with Gasteiger partial charge in [0.2, 0.25) is 0 Å². The molecule has 0 saturated heterocycles. The molecule has 2 rings (SSSR count). The quantitative estimate of drug-likeness (QED) is 0.761. The molecule has 0 aliphatic heterocycles. The molecule has 0 aromatic heterocycles. The summed E-state index contributed by atoms with van der Waals surface area (Å²) in [7, 11) is 0. The summed E-state index contributed by atoms with van der Waals surface area (Å²) in [6, 6.07) is 6.61. The molecule has 1 aromatic rings. The van der Waals surface area contributed by atoms with Gasteiger partial charge in [-0.15, -0.1) is 0 Å². The molecule has 1 aliphatic carbocycles. The summed E-state index contributed by atoms with van der Waals surface area (Å²) in [5.74, 6) is 0. The molecule has 0 amide bonds. The number of hydrogen-bond acceptors (Lipinski definition) is 1. The van der Waals surface area contributed by atoms with E-state index in [1.54, 1.807) is 0 Å². The smallest absolute Gasteiger partial charge is 0.0549 e. The Morgan fingerprint density at radius 1 is 1.35 bits per heavy atom. The second-order valence-electron chi connectivity index (χ2n) is 5.56. The van der Waals surface area contributed by atoms with Crippen molar-refractivity contribution in [3.63, 3.8) is 0 Å². The molecular weight excluding hydrogens is 298 g/mol. The van der Waals surface area contributed by atoms with Crippen molar-refractivity contribution in [1.29, 1.82) is 0 Å². The van der Waals surface area contributed by atoms with Gasteiger partial charge in [-0.25, -0.2) is 0 Å². The van der Waals surface area contributed by atoms with Crippen LogP contribution in [0.1, 0.15) is 39.5 Å². The third-order valence-corrected chi connectivity index (χ3v) is 4.98. The minimum absolute atomic E-state index is 0.379. The maximum atomic E-state index is 6.00. The zero-order valence-corrected chi connectivity index (χ0v) is 12.7. The van der Waals surface area contributed by atoms with Gasteiger partial charge in [0.25, 0.3) is 0 Å². The predicted molar refractivity (Wildman–Crippen MR) is 78.8 cm³/mol. The van der Waals surface area contributed by atoms with E-state index in [4.69, 9.17) is 11.6 Å². The first-order valence-corrected chi connectivity index (χ1v) is 7.38. The number of benzene rings is 1. The maximum Gasteiger partial charge on any atom is 0.0549 e. The van der Waals surface area contributed by atoms with Crippen molar-refractivity contribution in [3.05, 3.63) is 27.7 Å². The third kappa shape index (κ3) is 3.17. The predicted octanol–water partition coefficient (Wildman–Crippen LogP) is 5.48. The maximum absolute atomic E-state index is 6.00. The molecule has 0 radical (unpaired) electrons. The minimum Gasteiger partial charge on any atom is -0.382 e. The van der Waals surface area contributed by atoms with Gasteiger partial charge in [-0.2, -0.15) is 0 Å². The van der Waals surface area contributed by atoms with Crippen LogP contribution in [0.5, 0.6) is 0 Å². The summed E-state index contributed by atoms with van der Waals surface area (Å²) in [6.07, 6.45) is 5.25. The fraction of sp³-hybridized carbons (Fsp3) is 0.571. The van der Waals surface area contributed by atoms with Crippen molar-refractivity contribution >= 4 is 33.2 Å². The van der Waals surface area contributed by atoms with Gasteiger partial charge >= 0.3 is 0 Å². The SMILES string of the molecule is CC1(C)CCCCC1Nc1ccc(Cl)c(Br)c1. The Balaban J connectivity index is 2.11. The summed E-state index contributed by atoms with van der Waals surface area (Å²) in [5, 5.41) is 4.41. The fourth-order valence-corrected chi connectivity index (χ4v) is 3.05. The molecule has 1 N–H and O–H groups in total. The molecule has 1 unspecified atom stereocenters. The molecule has 1 aromatic carbocycles. The van der Waals surface area contributed by atoms with Crippen LogP contribution in [0.15, 0.2) is 22.7 Å². The van der Waals surface area contributed by atoms with Crippen LogP contribution in [0.25, 0.3) is 0 Å². The summed E-state index contributed by atoms with van der Waals surface area (Å²) in [6.45, 7) is 4.71. The van der Waals surface area contributed by atoms with E-state index < -0.39 is 0 Å². The summed E-state index contributed by atoms with van der Waals surface area (Å²) in [5.41, 5.74) is 1.53. The first-order valence-electron chi connectivity index (χ1n) is 6.21. The fourth-order valence-electron chi connectivity index (χ4n) is 2.55. The lowest BCUT2D eigenvalue weighted by atomic mass is 9.73. The summed E-state index contributed by atoms with van der Waals surface area (Å²) in [4.78, 5) is 0. The monoisotopic (exact) mass is 315 g/mol. The van der Waals surface area contributed by atoms with Crippen molar-refractivity contribution in [2.45, 2.75) is 45.6 Å². The van der Waals surface area contributed by atoms with Crippen molar-refractivity contribution < 1.29 is 0 Å². The Bertz CT molecular complexity index is 403. The van der Waals surface area contributed by atoms with Crippen LogP contribution in [-0.4, -0.2) is 6.04 Å². The van der Waals surface area contributed by atoms with E-state index in [0.29, 0.717) is 11.5 Å². The Hall–Kier alpha value is -0.210. The lowest BCUT2D eigenvalue weighted by Gasteiger charge is -2.39. The number of hydrogen-bond donors (Lipinski definition) is 1. The van der Waals surface area contributed by atoms with E-state index in [0.717, 1.165) is 15.2 Å². The molecule has 94 valence electrons. The van der Waals surface area contributed by atoms with E-state index in [-0.39, 0.29) is 0 Å². The molecule has 0 spiro atoms. The van der Waals surface area contributed by atoms with Crippen LogP contribution in [0.4, 0.5) is 5.69 Å². The number of nitrogens with one attached hydrogen (secondary N) is 1. The average molecular weight is 317 g/mol. The van der Waals surface area contributed by atoms with Crippen molar-refractivity contribution in [3.8, 4) is 0 Å². The second kappa shape index (κ2) is 5.19. The summed E-state index contributed by atoms with van der Waals surface area (Å²) < 4.78 is 0.956. The molecule has 1 fully saturated rings. The van der Waals surface area contributed by atoms with Crippen LogP contribution >= 0.6 is 27.5 Å². The van der Waals surface area contributed by atoms with E-state index in [9.17, 15) is 0 Å². The molecule has 1 nitrogen and oxygen atoms in total. The Morgan fingerprint density at radius 3 is 2.76 bits per heavy atom. The van der Waals surface area contributed by atoms with Gasteiger partial charge in [-0.3, -0.25) is 0 Å². The normalized spacial score (nSPS) is 23.4. The molecule has 17 heavy (non-hydrogen) atoms. The molecule has 1 saturated carbocycles. The van der Waals surface area contributed by atoms with Gasteiger partial charge in [0.05, 0.1) is 5.02 Å². The third-order valence-electron chi connectivity index (χ3n) is 3.77. The first kappa shape index (κ1) is 13.2. The summed E-state index contributed by atoms with van der Waals surface area (Å²) >= 11 is 9.47. The van der Waals surface area contributed by atoms with Crippen LogP contribution in [0.3, 0.4) is 0 Å². The van der Waals surface area contributed by atoms with Gasteiger partial charge in [0.1, 0.15) is 0 Å². The Morgan fingerprint density at radius 2 is 2.12 bits per heavy atom. The largest absolute Gasteiger partial charge is 0.382 e. The van der Waals surface area contributed by atoms with E-state index in [1.807, 2.05) is 6.07 Å². The first-order chi connectivity index (χ1) is 7.99. The van der Waals surface area contributed by atoms with Crippen LogP contribution in [0.2, 0.25) is 5.02 Å². The highest BCUT2D eigenvalue weighted by Crippen LogP contribution is 2.37. The topological polar surface area (TPSA) is 12.0 Å². The van der Waals surface area contributed by atoms with Gasteiger partial charge in [0.15, 0.2) is 0 Å². The molecule has 1 aliphatic rings. The lowest BCUT2D eigenvalue weighted by Crippen LogP contribution is -2.38. The van der Waals surface area contributed by atoms with Gasteiger partial charge in [0, 0.05) is 16.2 Å². The van der Waals surface area contributed by atoms with E-state index in [2.05, 4.69) is 47.2 Å². The van der Waals surface area contributed by atoms with Gasteiger partial charge < -0.3 is 5.32 Å². The van der Waals surface area contributed by atoms with Crippen molar-refractivity contribution in [1.82, 2.24) is 0 Å². The highest BCUT2D eigenvalue weighted by Gasteiger charge is 2.31. The van der Waals surface area contributed by atoms with Crippen LogP contribution in [0, 0.1) is 5.41 Å². The van der Waals surface area contributed by atoms with Crippen molar-refractivity contribution in [2.24, 2.45) is 5.41 Å². The van der Waals surface area contributed by atoms with Crippen molar-refractivity contribution in [2.75, 3.05) is 5.32 Å². The Labute approximate surface area is 117 Å². The molecule has 3 heteroatoms. The van der Waals surface area contributed by atoms with E-state index >= 15 is 0 Å². The lowest BCUT2D eigenvalue weighted by molar-refractivity contribution is 0.217. The highest BCUT2D eigenvalue weighted by atomic mass is 79.9. The number of halogens is 2. The molecule has 0 heterocycles. The molecule has 1 atom stereocenters. The minimum atomic E-state index is 0.379. The number of rotatable bonds is 2. The highest BCUT2D eigenvalue weighted by molar-refractivity contribution is 9.10.